The van der Waals surface area contributed by atoms with Gasteiger partial charge >= 0.3 is 0 Å². The van der Waals surface area contributed by atoms with E-state index in [4.69, 9.17) is 0 Å². The number of rotatable bonds is 5. The molecule has 2 aromatic rings. The second-order valence-corrected chi connectivity index (χ2v) is 5.00. The summed E-state index contributed by atoms with van der Waals surface area (Å²) in [6.07, 6.45) is 1.40. The lowest BCUT2D eigenvalue weighted by molar-refractivity contribution is 0.0770. The van der Waals surface area contributed by atoms with E-state index in [1.54, 1.807) is 32.2 Å². The number of nitrogens with one attached hydrogen (secondary N) is 1. The van der Waals surface area contributed by atoms with Gasteiger partial charge in [-0.1, -0.05) is 12.1 Å². The molecule has 0 saturated heterocycles. The number of aliphatic hydroxyl groups is 1. The van der Waals surface area contributed by atoms with E-state index in [0.717, 1.165) is 0 Å². The Morgan fingerprint density at radius 3 is 2.86 bits per heavy atom. The third kappa shape index (κ3) is 3.46. The maximum atomic E-state index is 13.8. The van der Waals surface area contributed by atoms with E-state index in [1.807, 2.05) is 0 Å². The van der Waals surface area contributed by atoms with E-state index in [2.05, 4.69) is 10.2 Å². The van der Waals surface area contributed by atoms with Crippen LogP contribution in [-0.4, -0.2) is 45.8 Å². The summed E-state index contributed by atoms with van der Waals surface area (Å²) in [5.74, 6) is -0.676. The summed E-state index contributed by atoms with van der Waals surface area (Å²) in [4.78, 5) is 13.9. The molecule has 0 aliphatic rings. The van der Waals surface area contributed by atoms with Gasteiger partial charge in [0.2, 0.25) is 0 Å². The lowest BCUT2D eigenvalue weighted by atomic mass is 10.1. The second kappa shape index (κ2) is 6.49. The van der Waals surface area contributed by atoms with Crippen molar-refractivity contribution in [3.8, 4) is 11.3 Å². The number of carbonyl (C=O) groups is 1. The minimum atomic E-state index is -0.476. The van der Waals surface area contributed by atoms with Crippen LogP contribution in [0.15, 0.2) is 30.5 Å². The lowest BCUT2D eigenvalue weighted by Gasteiger charge is -2.18. The quantitative estimate of drug-likeness (QED) is 0.886. The van der Waals surface area contributed by atoms with Crippen molar-refractivity contribution in [3.63, 3.8) is 0 Å². The van der Waals surface area contributed by atoms with Crippen LogP contribution in [-0.2, 0) is 0 Å². The number of halogens is 1. The molecule has 6 heteroatoms. The number of aromatic nitrogens is 2. The van der Waals surface area contributed by atoms with Crippen LogP contribution >= 0.6 is 0 Å². The van der Waals surface area contributed by atoms with Gasteiger partial charge in [0.05, 0.1) is 23.6 Å². The van der Waals surface area contributed by atoms with Gasteiger partial charge in [0.15, 0.2) is 0 Å². The first-order valence-electron chi connectivity index (χ1n) is 6.72. The monoisotopic (exact) mass is 291 g/mol. The predicted molar refractivity (Wildman–Crippen MR) is 77.2 cm³/mol. The number of aromatic amines is 1. The second-order valence-electron chi connectivity index (χ2n) is 5.00. The molecule has 1 aromatic carbocycles. The molecule has 112 valence electrons. The van der Waals surface area contributed by atoms with Crippen molar-refractivity contribution in [2.75, 3.05) is 13.6 Å². The average Bonchev–Trinajstić information content (AvgIpc) is 2.93. The fraction of sp³-hybridized carbons (Fsp3) is 0.333. The molecule has 1 aromatic heterocycles. The minimum Gasteiger partial charge on any atom is -0.393 e. The molecule has 21 heavy (non-hydrogen) atoms. The highest BCUT2D eigenvalue weighted by Gasteiger charge is 2.20. The maximum Gasteiger partial charge on any atom is 0.257 e. The van der Waals surface area contributed by atoms with Crippen LogP contribution < -0.4 is 0 Å². The van der Waals surface area contributed by atoms with Gasteiger partial charge < -0.3 is 10.0 Å². The number of nitrogens with zero attached hydrogens (tertiary/aromatic N) is 2. The molecule has 0 radical (unpaired) electrons. The van der Waals surface area contributed by atoms with Gasteiger partial charge in [0, 0.05) is 19.2 Å². The first-order valence-corrected chi connectivity index (χ1v) is 6.72. The number of hydrogen-bond donors (Lipinski definition) is 2. The molecule has 1 amide bonds. The number of aliphatic hydroxyl groups excluding tert-OH is 1. The Balaban J connectivity index is 2.24. The summed E-state index contributed by atoms with van der Waals surface area (Å²) >= 11 is 0. The van der Waals surface area contributed by atoms with E-state index in [0.29, 0.717) is 29.8 Å². The van der Waals surface area contributed by atoms with Crippen molar-refractivity contribution in [2.45, 2.75) is 19.4 Å². The van der Waals surface area contributed by atoms with E-state index in [-0.39, 0.29) is 5.91 Å². The van der Waals surface area contributed by atoms with Crippen molar-refractivity contribution in [3.05, 3.63) is 41.8 Å². The standard InChI is InChI=1S/C15H18FN3O2/c1-10(20)7-8-19(2)15(21)12-9-17-18-14(12)11-5-3-4-6-13(11)16/h3-6,9-10,20H,7-8H2,1-2H3,(H,17,18). The van der Waals surface area contributed by atoms with Gasteiger partial charge in [0.25, 0.3) is 5.91 Å². The van der Waals surface area contributed by atoms with Crippen molar-refractivity contribution in [2.24, 2.45) is 0 Å². The third-order valence-electron chi connectivity index (χ3n) is 3.24. The van der Waals surface area contributed by atoms with E-state index in [1.165, 1.54) is 17.2 Å². The lowest BCUT2D eigenvalue weighted by Crippen LogP contribution is -2.29. The van der Waals surface area contributed by atoms with E-state index >= 15 is 0 Å². The van der Waals surface area contributed by atoms with Crippen LogP contribution in [0.4, 0.5) is 4.39 Å². The Morgan fingerprint density at radius 1 is 1.48 bits per heavy atom. The largest absolute Gasteiger partial charge is 0.393 e. The number of H-pyrrole nitrogens is 1. The summed E-state index contributed by atoms with van der Waals surface area (Å²) in [6.45, 7) is 2.08. The van der Waals surface area contributed by atoms with Gasteiger partial charge in [-0.2, -0.15) is 5.10 Å². The molecule has 2 N–H and O–H groups in total. The zero-order chi connectivity index (χ0) is 15.4. The van der Waals surface area contributed by atoms with Crippen LogP contribution in [0.3, 0.4) is 0 Å². The van der Waals surface area contributed by atoms with Crippen LogP contribution in [0, 0.1) is 5.82 Å². The van der Waals surface area contributed by atoms with Crippen molar-refractivity contribution in [1.29, 1.82) is 0 Å². The molecule has 1 unspecified atom stereocenters. The van der Waals surface area contributed by atoms with Crippen LogP contribution in [0.5, 0.6) is 0 Å². The van der Waals surface area contributed by atoms with E-state index in [9.17, 15) is 14.3 Å². The Labute approximate surface area is 122 Å². The molecule has 0 bridgehead atoms. The molecular weight excluding hydrogens is 273 g/mol. The molecular formula is C15H18FN3O2. The van der Waals surface area contributed by atoms with Crippen LogP contribution in [0.25, 0.3) is 11.3 Å². The summed E-state index contributed by atoms with van der Waals surface area (Å²) < 4.78 is 13.8. The number of carbonyl (C=O) groups excluding carboxylic acids is 1. The fourth-order valence-electron chi connectivity index (χ4n) is 2.01. The number of amides is 1. The maximum absolute atomic E-state index is 13.8. The summed E-state index contributed by atoms with van der Waals surface area (Å²) in [5.41, 5.74) is 0.984. The molecule has 5 nitrogen and oxygen atoms in total. The molecule has 1 heterocycles. The Bertz CT molecular complexity index is 625. The van der Waals surface area contributed by atoms with Crippen molar-refractivity contribution in [1.82, 2.24) is 15.1 Å². The molecule has 1 atom stereocenters. The zero-order valence-corrected chi connectivity index (χ0v) is 12.0. The Morgan fingerprint density at radius 2 is 2.19 bits per heavy atom. The van der Waals surface area contributed by atoms with Gasteiger partial charge in [-0.3, -0.25) is 9.89 Å². The highest BCUT2D eigenvalue weighted by atomic mass is 19.1. The Hall–Kier alpha value is -2.21. The van der Waals surface area contributed by atoms with Gasteiger partial charge in [-0.25, -0.2) is 4.39 Å². The van der Waals surface area contributed by atoms with Gasteiger partial charge in [-0.05, 0) is 25.5 Å². The Kier molecular flexibility index (Phi) is 4.70. The van der Waals surface area contributed by atoms with Gasteiger partial charge in [0.1, 0.15) is 5.82 Å². The van der Waals surface area contributed by atoms with Crippen LogP contribution in [0.1, 0.15) is 23.7 Å². The zero-order valence-electron chi connectivity index (χ0n) is 12.0. The third-order valence-corrected chi connectivity index (χ3v) is 3.24. The van der Waals surface area contributed by atoms with Crippen molar-refractivity contribution < 1.29 is 14.3 Å². The minimum absolute atomic E-state index is 0.261. The highest BCUT2D eigenvalue weighted by molar-refractivity contribution is 5.99. The number of hydrogen-bond acceptors (Lipinski definition) is 3. The molecule has 0 fully saturated rings. The summed E-state index contributed by atoms with van der Waals surface area (Å²) in [6, 6.07) is 6.22. The first-order chi connectivity index (χ1) is 10.0. The topological polar surface area (TPSA) is 69.2 Å². The molecule has 0 aliphatic heterocycles. The summed E-state index contributed by atoms with van der Waals surface area (Å²) in [7, 11) is 1.64. The predicted octanol–water partition coefficient (Wildman–Crippen LogP) is 2.06. The van der Waals surface area contributed by atoms with Crippen molar-refractivity contribution >= 4 is 5.91 Å². The molecule has 0 aliphatic carbocycles. The molecule has 2 rings (SSSR count). The van der Waals surface area contributed by atoms with Gasteiger partial charge in [-0.15, -0.1) is 0 Å². The highest BCUT2D eigenvalue weighted by Crippen LogP contribution is 2.24. The summed E-state index contributed by atoms with van der Waals surface area (Å²) in [5, 5.41) is 15.8. The molecule has 0 spiro atoms. The SMILES string of the molecule is CC(O)CCN(C)C(=O)c1cn[nH]c1-c1ccccc1F. The number of benzene rings is 1. The smallest absolute Gasteiger partial charge is 0.257 e. The van der Waals surface area contributed by atoms with E-state index < -0.39 is 11.9 Å². The normalized spacial score (nSPS) is 12.2. The first kappa shape index (κ1) is 15.2. The average molecular weight is 291 g/mol. The fourth-order valence-corrected chi connectivity index (χ4v) is 2.01. The van der Waals surface area contributed by atoms with Crippen LogP contribution in [0.2, 0.25) is 0 Å². The molecule has 0 saturated carbocycles.